The fraction of sp³-hybridized carbons (Fsp3) is 0.586. The summed E-state index contributed by atoms with van der Waals surface area (Å²) in [6.45, 7) is 13.3. The molecule has 0 unspecified atom stereocenters. The summed E-state index contributed by atoms with van der Waals surface area (Å²) in [4.78, 5) is 65.4. The lowest BCUT2D eigenvalue weighted by atomic mass is 10.0. The van der Waals surface area contributed by atoms with Crippen LogP contribution >= 0.6 is 0 Å². The Morgan fingerprint density at radius 2 is 0.757 bits per heavy atom. The zero-order chi connectivity index (χ0) is 50.1. The van der Waals surface area contributed by atoms with Crippen molar-refractivity contribution in [1.29, 1.82) is 0 Å². The van der Waals surface area contributed by atoms with Gasteiger partial charge in [0.1, 0.15) is 36.8 Å². The van der Waals surface area contributed by atoms with Gasteiger partial charge in [0.2, 0.25) is 23.6 Å². The number of carbonyl (C=O) groups excluding carboxylic acids is 4. The molecule has 0 radical (unpaired) electrons. The fourth-order valence-corrected chi connectivity index (χ4v) is 9.42. The van der Waals surface area contributed by atoms with E-state index in [-0.39, 0.29) is 48.6 Å². The summed E-state index contributed by atoms with van der Waals surface area (Å²) in [7, 11) is 0. The molecule has 5 aromatic rings. The molecule has 12 heteroatoms. The lowest BCUT2D eigenvalue weighted by molar-refractivity contribution is -0.130. The molecule has 0 spiro atoms. The van der Waals surface area contributed by atoms with Crippen LogP contribution in [0.5, 0.6) is 0 Å². The Kier molecular flexibility index (Phi) is 24.0. The highest BCUT2D eigenvalue weighted by Gasteiger charge is 2.28. The standard InChI is InChI=1S/C58H86N8O4/c1-7-9-11-13-15-17-19-21-23-31-39-59-57(69)53(43(3)4)63-51(67)41-65-49-37-29-27-35-47(49)61-55(65)45-33-25-26-34-46(45)56-62-48-36-28-30-38-50(48)66(56)42-52(68)64-54(44(5)6)58(70)60-40-32-24-22-20-18-16-14-12-10-8-2/h25-30,33-38,43-44,53-54H,7-24,31-32,39-42H2,1-6H3,(H,59,69)(H,60,70)(H,63,67)(H,64,68)/t53-,54-/m1/s1. The Hall–Kier alpha value is -5.52. The molecule has 2 aromatic heterocycles. The molecule has 12 nitrogen and oxygen atoms in total. The smallest absolute Gasteiger partial charge is 0.242 e. The van der Waals surface area contributed by atoms with Crippen LogP contribution in [0.2, 0.25) is 0 Å². The van der Waals surface area contributed by atoms with Crippen LogP contribution in [0.25, 0.3) is 44.8 Å². The summed E-state index contributed by atoms with van der Waals surface area (Å²) < 4.78 is 3.79. The fourth-order valence-electron chi connectivity index (χ4n) is 9.42. The number of benzene rings is 3. The van der Waals surface area contributed by atoms with E-state index in [1.807, 2.05) is 110 Å². The van der Waals surface area contributed by atoms with Crippen LogP contribution in [-0.4, -0.2) is 67.9 Å². The topological polar surface area (TPSA) is 152 Å². The summed E-state index contributed by atoms with van der Waals surface area (Å²) in [6.07, 6.45) is 24.5. The lowest BCUT2D eigenvalue weighted by Gasteiger charge is -2.23. The van der Waals surface area contributed by atoms with Gasteiger partial charge in [0.15, 0.2) is 0 Å². The van der Waals surface area contributed by atoms with Gasteiger partial charge in [0, 0.05) is 24.2 Å². The number of rotatable bonds is 34. The van der Waals surface area contributed by atoms with Crippen molar-refractivity contribution in [3.05, 3.63) is 72.8 Å². The number of nitrogens with one attached hydrogen (secondary N) is 4. The first-order valence-corrected chi connectivity index (χ1v) is 27.2. The van der Waals surface area contributed by atoms with Crippen molar-refractivity contribution < 1.29 is 19.2 Å². The van der Waals surface area contributed by atoms with Crippen LogP contribution in [0.3, 0.4) is 0 Å². The maximum absolute atomic E-state index is 14.1. The molecule has 382 valence electrons. The monoisotopic (exact) mass is 959 g/mol. The van der Waals surface area contributed by atoms with Gasteiger partial charge in [0.05, 0.1) is 22.1 Å². The summed E-state index contributed by atoms with van der Waals surface area (Å²) >= 11 is 0. The molecule has 4 amide bonds. The van der Waals surface area contributed by atoms with Crippen molar-refractivity contribution in [1.82, 2.24) is 40.4 Å². The molecule has 70 heavy (non-hydrogen) atoms. The maximum atomic E-state index is 14.1. The zero-order valence-corrected chi connectivity index (χ0v) is 43.6. The molecule has 0 saturated heterocycles. The molecule has 0 bridgehead atoms. The van der Waals surface area contributed by atoms with E-state index in [1.165, 1.54) is 103 Å². The number of fused-ring (bicyclic) bond motifs is 2. The highest BCUT2D eigenvalue weighted by molar-refractivity contribution is 5.93. The van der Waals surface area contributed by atoms with E-state index in [0.717, 1.165) is 47.8 Å². The zero-order valence-electron chi connectivity index (χ0n) is 43.6. The van der Waals surface area contributed by atoms with E-state index >= 15 is 0 Å². The largest absolute Gasteiger partial charge is 0.354 e. The maximum Gasteiger partial charge on any atom is 0.242 e. The molecule has 0 aliphatic heterocycles. The van der Waals surface area contributed by atoms with Crippen molar-refractivity contribution in [3.8, 4) is 22.8 Å². The number of hydrogen-bond donors (Lipinski definition) is 4. The van der Waals surface area contributed by atoms with Crippen LogP contribution in [-0.2, 0) is 32.3 Å². The van der Waals surface area contributed by atoms with E-state index in [9.17, 15) is 19.2 Å². The molecule has 2 heterocycles. The van der Waals surface area contributed by atoms with E-state index < -0.39 is 12.1 Å². The van der Waals surface area contributed by atoms with Crippen molar-refractivity contribution >= 4 is 45.7 Å². The van der Waals surface area contributed by atoms with Gasteiger partial charge in [0.25, 0.3) is 0 Å². The van der Waals surface area contributed by atoms with Crippen molar-refractivity contribution in [2.45, 2.75) is 195 Å². The third kappa shape index (κ3) is 17.1. The molecule has 0 aliphatic carbocycles. The van der Waals surface area contributed by atoms with Crippen molar-refractivity contribution in [2.24, 2.45) is 11.8 Å². The number of para-hydroxylation sites is 4. The van der Waals surface area contributed by atoms with Crippen LogP contribution in [0.4, 0.5) is 0 Å². The average molecular weight is 959 g/mol. The van der Waals surface area contributed by atoms with Crippen LogP contribution < -0.4 is 21.3 Å². The molecule has 4 N–H and O–H groups in total. The van der Waals surface area contributed by atoms with Crippen LogP contribution in [0, 0.1) is 11.8 Å². The minimum Gasteiger partial charge on any atom is -0.354 e. The number of imidazole rings is 2. The number of nitrogens with zero attached hydrogens (tertiary/aromatic N) is 4. The lowest BCUT2D eigenvalue weighted by Crippen LogP contribution is -2.50. The molecule has 0 fully saturated rings. The van der Waals surface area contributed by atoms with E-state index in [4.69, 9.17) is 9.97 Å². The Labute approximate surface area is 419 Å². The third-order valence-electron chi connectivity index (χ3n) is 13.5. The quantitative estimate of drug-likeness (QED) is 0.0301. The highest BCUT2D eigenvalue weighted by Crippen LogP contribution is 2.35. The van der Waals surface area contributed by atoms with Gasteiger partial charge >= 0.3 is 0 Å². The summed E-state index contributed by atoms with van der Waals surface area (Å²) in [5, 5.41) is 12.3. The number of unbranched alkanes of at least 4 members (excludes halogenated alkanes) is 18. The van der Waals surface area contributed by atoms with Gasteiger partial charge in [-0.2, -0.15) is 0 Å². The van der Waals surface area contributed by atoms with Gasteiger partial charge in [-0.05, 0) is 48.9 Å². The second kappa shape index (κ2) is 30.3. The summed E-state index contributed by atoms with van der Waals surface area (Å²) in [6, 6.07) is 21.8. The highest BCUT2D eigenvalue weighted by atomic mass is 16.2. The molecule has 2 atom stereocenters. The van der Waals surface area contributed by atoms with Gasteiger partial charge in [-0.3, -0.25) is 19.2 Å². The molecule has 0 saturated carbocycles. The second-order valence-corrected chi connectivity index (χ2v) is 20.1. The first-order valence-electron chi connectivity index (χ1n) is 27.2. The van der Waals surface area contributed by atoms with Crippen molar-refractivity contribution in [3.63, 3.8) is 0 Å². The molecule has 0 aliphatic rings. The number of carbonyl (C=O) groups is 4. The van der Waals surface area contributed by atoms with E-state index in [2.05, 4.69) is 35.1 Å². The number of hydrogen-bond acceptors (Lipinski definition) is 6. The molecule has 3 aromatic carbocycles. The minimum absolute atomic E-state index is 0.0736. The van der Waals surface area contributed by atoms with Crippen LogP contribution in [0.1, 0.15) is 170 Å². The van der Waals surface area contributed by atoms with Gasteiger partial charge < -0.3 is 30.4 Å². The summed E-state index contributed by atoms with van der Waals surface area (Å²) in [5.74, 6) is -0.0826. The first kappa shape index (κ1) is 55.4. The first-order chi connectivity index (χ1) is 34.0. The Morgan fingerprint density at radius 1 is 0.443 bits per heavy atom. The third-order valence-corrected chi connectivity index (χ3v) is 13.5. The average Bonchev–Trinajstić information content (AvgIpc) is 3.90. The van der Waals surface area contributed by atoms with Gasteiger partial charge in [-0.1, -0.05) is 206 Å². The molecular weight excluding hydrogens is 873 g/mol. The predicted octanol–water partition coefficient (Wildman–Crippen LogP) is 12.1. The van der Waals surface area contributed by atoms with Gasteiger partial charge in [-0.15, -0.1) is 0 Å². The number of amides is 4. The van der Waals surface area contributed by atoms with Crippen molar-refractivity contribution in [2.75, 3.05) is 13.1 Å². The minimum atomic E-state index is -0.696. The van der Waals surface area contributed by atoms with E-state index in [1.54, 1.807) is 0 Å². The van der Waals surface area contributed by atoms with Crippen LogP contribution in [0.15, 0.2) is 72.8 Å². The normalized spacial score (nSPS) is 12.5. The predicted molar refractivity (Wildman–Crippen MR) is 287 cm³/mol. The second-order valence-electron chi connectivity index (χ2n) is 20.1. The Balaban J connectivity index is 1.27. The van der Waals surface area contributed by atoms with Gasteiger partial charge in [-0.25, -0.2) is 9.97 Å². The number of aromatic nitrogens is 4. The molecule has 5 rings (SSSR count). The molecular formula is C58H86N8O4. The Morgan fingerprint density at radius 3 is 1.10 bits per heavy atom. The summed E-state index contributed by atoms with van der Waals surface area (Å²) in [5.41, 5.74) is 4.43. The van der Waals surface area contributed by atoms with E-state index in [0.29, 0.717) is 35.8 Å². The Bertz CT molecular complexity index is 2200. The SMILES string of the molecule is CCCCCCCCCCCCNC(=O)[C@H](NC(=O)Cn1c(-c2ccccc2-c2nc3ccccc3n2CC(=O)N[C@@H](C(=O)NCCCCCCCCCCCC)C(C)C)nc2ccccc21)C(C)C.